The molecule has 0 saturated carbocycles. The van der Waals surface area contributed by atoms with E-state index in [9.17, 15) is 4.79 Å². The van der Waals surface area contributed by atoms with Gasteiger partial charge in [-0.15, -0.1) is 0 Å². The second-order valence-corrected chi connectivity index (χ2v) is 3.90. The summed E-state index contributed by atoms with van der Waals surface area (Å²) < 4.78 is 0. The van der Waals surface area contributed by atoms with Crippen LogP contribution in [0.2, 0.25) is 0 Å². The number of carbonyl (C=O) groups excluding carboxylic acids is 1. The number of piperidine rings is 1. The Morgan fingerprint density at radius 3 is 2.92 bits per heavy atom. The van der Waals surface area contributed by atoms with Crippen LogP contribution in [0.25, 0.3) is 0 Å². The van der Waals surface area contributed by atoms with Crippen molar-refractivity contribution in [3.63, 3.8) is 0 Å². The van der Waals surface area contributed by atoms with Gasteiger partial charge in [-0.05, 0) is 32.2 Å². The Balaban J connectivity index is 2.43. The highest BCUT2D eigenvalue weighted by Crippen LogP contribution is 2.21. The first-order valence-corrected chi connectivity index (χ1v) is 4.88. The molecule has 0 aliphatic carbocycles. The first kappa shape index (κ1) is 10.5. The Morgan fingerprint density at radius 2 is 2.31 bits per heavy atom. The van der Waals surface area contributed by atoms with Crippen molar-refractivity contribution in [1.29, 1.82) is 0 Å². The van der Waals surface area contributed by atoms with Crippen molar-refractivity contribution >= 4 is 5.91 Å². The number of nitrogens with two attached hydrogens (primary N) is 1. The molecule has 4 nitrogen and oxygen atoms in total. The summed E-state index contributed by atoms with van der Waals surface area (Å²) in [6, 6.07) is 0.492. The third-order valence-corrected chi connectivity index (χ3v) is 3.01. The highest BCUT2D eigenvalue weighted by atomic mass is 16.2. The molecule has 1 aliphatic heterocycles. The van der Waals surface area contributed by atoms with Gasteiger partial charge in [-0.1, -0.05) is 6.92 Å². The summed E-state index contributed by atoms with van der Waals surface area (Å²) in [7, 11) is 0. The largest absolute Gasteiger partial charge is 0.293 e. The molecule has 0 radical (unpaired) electrons. The topological polar surface area (TPSA) is 58.4 Å². The van der Waals surface area contributed by atoms with Crippen LogP contribution in [0.15, 0.2) is 0 Å². The maximum Gasteiger partial charge on any atom is 0.248 e. The van der Waals surface area contributed by atoms with E-state index < -0.39 is 0 Å². The molecule has 1 amide bonds. The zero-order valence-corrected chi connectivity index (χ0v) is 8.42. The fourth-order valence-corrected chi connectivity index (χ4v) is 1.87. The van der Waals surface area contributed by atoms with Gasteiger partial charge in [-0.3, -0.25) is 15.1 Å². The lowest BCUT2D eigenvalue weighted by Gasteiger charge is -2.37. The van der Waals surface area contributed by atoms with E-state index in [-0.39, 0.29) is 5.91 Å². The van der Waals surface area contributed by atoms with Gasteiger partial charge >= 0.3 is 0 Å². The predicted octanol–water partition coefficient (Wildman–Crippen LogP) is 0.0967. The lowest BCUT2D eigenvalue weighted by molar-refractivity contribution is -0.123. The van der Waals surface area contributed by atoms with E-state index in [1.807, 2.05) is 0 Å². The molecule has 0 bridgehead atoms. The summed E-state index contributed by atoms with van der Waals surface area (Å²) in [5.41, 5.74) is 2.17. The molecule has 2 atom stereocenters. The molecule has 2 unspecified atom stereocenters. The predicted molar refractivity (Wildman–Crippen MR) is 51.8 cm³/mol. The number of hydrazine groups is 1. The Labute approximate surface area is 79.4 Å². The number of hydrogen-bond acceptors (Lipinski definition) is 3. The van der Waals surface area contributed by atoms with Crippen LogP contribution >= 0.6 is 0 Å². The second-order valence-electron chi connectivity index (χ2n) is 3.90. The molecule has 1 fully saturated rings. The monoisotopic (exact) mass is 185 g/mol. The maximum absolute atomic E-state index is 11.1. The Hall–Kier alpha value is -0.610. The van der Waals surface area contributed by atoms with E-state index in [4.69, 9.17) is 5.84 Å². The third-order valence-electron chi connectivity index (χ3n) is 3.01. The van der Waals surface area contributed by atoms with Gasteiger partial charge in [0.2, 0.25) is 5.91 Å². The van der Waals surface area contributed by atoms with Gasteiger partial charge in [0.25, 0.3) is 0 Å². The van der Waals surface area contributed by atoms with Crippen LogP contribution in [0.5, 0.6) is 0 Å². The molecule has 3 N–H and O–H groups in total. The van der Waals surface area contributed by atoms with Crippen LogP contribution in [-0.4, -0.2) is 29.9 Å². The number of amides is 1. The lowest BCUT2D eigenvalue weighted by Crippen LogP contribution is -2.48. The van der Waals surface area contributed by atoms with E-state index >= 15 is 0 Å². The summed E-state index contributed by atoms with van der Waals surface area (Å²) >= 11 is 0. The molecule has 0 aromatic heterocycles. The standard InChI is InChI=1S/C9H19N3O/c1-7-4-3-5-12(8(7)2)6-9(13)11-10/h7-8H,3-6,10H2,1-2H3,(H,11,13). The van der Waals surface area contributed by atoms with Crippen molar-refractivity contribution in [2.45, 2.75) is 32.7 Å². The molecule has 0 aromatic carbocycles. The van der Waals surface area contributed by atoms with E-state index in [1.54, 1.807) is 0 Å². The summed E-state index contributed by atoms with van der Waals surface area (Å²) in [5, 5.41) is 0. The fourth-order valence-electron chi connectivity index (χ4n) is 1.87. The Morgan fingerprint density at radius 1 is 1.62 bits per heavy atom. The zero-order valence-electron chi connectivity index (χ0n) is 8.42. The van der Waals surface area contributed by atoms with E-state index in [1.165, 1.54) is 12.8 Å². The number of carbonyl (C=O) groups is 1. The molecule has 1 heterocycles. The molecule has 4 heteroatoms. The Bertz CT molecular complexity index is 184. The van der Waals surface area contributed by atoms with Gasteiger partial charge in [0.15, 0.2) is 0 Å². The number of hydrogen-bond donors (Lipinski definition) is 2. The van der Waals surface area contributed by atoms with Crippen molar-refractivity contribution in [2.75, 3.05) is 13.1 Å². The number of nitrogens with zero attached hydrogens (tertiary/aromatic N) is 1. The highest BCUT2D eigenvalue weighted by molar-refractivity contribution is 5.77. The molecule has 0 aromatic rings. The van der Waals surface area contributed by atoms with Crippen molar-refractivity contribution < 1.29 is 4.79 Å². The summed E-state index contributed by atoms with van der Waals surface area (Å²) in [5.74, 6) is 5.63. The zero-order chi connectivity index (χ0) is 9.84. The van der Waals surface area contributed by atoms with Crippen LogP contribution < -0.4 is 11.3 Å². The van der Waals surface area contributed by atoms with E-state index in [2.05, 4.69) is 24.2 Å². The van der Waals surface area contributed by atoms with Crippen molar-refractivity contribution in [3.8, 4) is 0 Å². The number of likely N-dealkylation sites (tertiary alicyclic amines) is 1. The molecule has 1 saturated heterocycles. The molecule has 1 rings (SSSR count). The van der Waals surface area contributed by atoms with Crippen LogP contribution in [-0.2, 0) is 4.79 Å². The van der Waals surface area contributed by atoms with Crippen molar-refractivity contribution in [3.05, 3.63) is 0 Å². The maximum atomic E-state index is 11.1. The van der Waals surface area contributed by atoms with Gasteiger partial charge in [0.05, 0.1) is 6.54 Å². The van der Waals surface area contributed by atoms with Gasteiger partial charge in [-0.2, -0.15) is 0 Å². The van der Waals surface area contributed by atoms with Crippen LogP contribution in [0, 0.1) is 5.92 Å². The minimum Gasteiger partial charge on any atom is -0.293 e. The Kier molecular flexibility index (Phi) is 3.69. The molecular formula is C9H19N3O. The first-order valence-electron chi connectivity index (χ1n) is 4.88. The molecule has 0 spiro atoms. The smallest absolute Gasteiger partial charge is 0.248 e. The minimum atomic E-state index is -0.0963. The lowest BCUT2D eigenvalue weighted by atomic mass is 9.92. The SMILES string of the molecule is CC1CCCN(CC(=O)NN)C1C. The van der Waals surface area contributed by atoms with Crippen LogP contribution in [0.1, 0.15) is 26.7 Å². The molecule has 1 aliphatic rings. The molecule has 13 heavy (non-hydrogen) atoms. The quantitative estimate of drug-likeness (QED) is 0.364. The van der Waals surface area contributed by atoms with Gasteiger partial charge in [-0.25, -0.2) is 5.84 Å². The van der Waals surface area contributed by atoms with Gasteiger partial charge < -0.3 is 0 Å². The van der Waals surface area contributed by atoms with Gasteiger partial charge in [0.1, 0.15) is 0 Å². The normalized spacial score (nSPS) is 30.1. The second kappa shape index (κ2) is 4.58. The van der Waals surface area contributed by atoms with Crippen molar-refractivity contribution in [2.24, 2.45) is 11.8 Å². The van der Waals surface area contributed by atoms with Crippen molar-refractivity contribution in [1.82, 2.24) is 10.3 Å². The third kappa shape index (κ3) is 2.67. The van der Waals surface area contributed by atoms with E-state index in [0.717, 1.165) is 6.54 Å². The highest BCUT2D eigenvalue weighted by Gasteiger charge is 2.25. The summed E-state index contributed by atoms with van der Waals surface area (Å²) in [6.07, 6.45) is 2.45. The number of rotatable bonds is 2. The first-order chi connectivity index (χ1) is 6.15. The van der Waals surface area contributed by atoms with Gasteiger partial charge in [0, 0.05) is 6.04 Å². The summed E-state index contributed by atoms with van der Waals surface area (Å²) in [4.78, 5) is 13.2. The fraction of sp³-hybridized carbons (Fsp3) is 0.889. The average Bonchev–Trinajstić information content (AvgIpc) is 2.13. The molecular weight excluding hydrogens is 166 g/mol. The van der Waals surface area contributed by atoms with E-state index in [0.29, 0.717) is 18.5 Å². The minimum absolute atomic E-state index is 0.0963. The molecule has 76 valence electrons. The average molecular weight is 185 g/mol. The van der Waals surface area contributed by atoms with Crippen LogP contribution in [0.4, 0.5) is 0 Å². The van der Waals surface area contributed by atoms with Crippen LogP contribution in [0.3, 0.4) is 0 Å². The summed E-state index contributed by atoms with van der Waals surface area (Å²) in [6.45, 7) is 5.85. The number of nitrogens with one attached hydrogen (secondary N) is 1.